The van der Waals surface area contributed by atoms with E-state index in [1.54, 1.807) is 0 Å². The van der Waals surface area contributed by atoms with Crippen LogP contribution in [0.4, 0.5) is 43.9 Å². The molecule has 0 N–H and O–H groups in total. The maximum absolute atomic E-state index is 12.9. The highest BCUT2D eigenvalue weighted by molar-refractivity contribution is 5.21. The summed E-state index contributed by atoms with van der Waals surface area (Å²) in [5, 5.41) is 2.40. The fraction of sp³-hybridized carbons (Fsp3) is 0.625. The molecule has 116 valence electrons. The minimum Gasteiger partial charge on any atom is -0.266 e. The van der Waals surface area contributed by atoms with Gasteiger partial charge >= 0.3 is 24.2 Å². The molecule has 0 atom stereocenters. The van der Waals surface area contributed by atoms with E-state index in [1.165, 1.54) is 0 Å². The van der Waals surface area contributed by atoms with Crippen LogP contribution in [0.5, 0.6) is 0 Å². The molecule has 20 heavy (non-hydrogen) atoms. The first-order valence-corrected chi connectivity index (χ1v) is 4.56. The summed E-state index contributed by atoms with van der Waals surface area (Å²) in [4.78, 5) is 0. The lowest BCUT2D eigenvalue weighted by Gasteiger charge is -2.19. The summed E-state index contributed by atoms with van der Waals surface area (Å²) >= 11 is 0. The molecule has 0 saturated carbocycles. The van der Waals surface area contributed by atoms with Gasteiger partial charge in [-0.25, -0.2) is 0 Å². The predicted octanol–water partition coefficient (Wildman–Crippen LogP) is 3.73. The molecule has 12 heteroatoms. The third-order valence-electron chi connectivity index (χ3n) is 2.24. The molecule has 1 rings (SSSR count). The van der Waals surface area contributed by atoms with Crippen molar-refractivity contribution in [3.05, 3.63) is 17.5 Å². The van der Waals surface area contributed by atoms with Crippen molar-refractivity contribution in [3.63, 3.8) is 0 Å². The van der Waals surface area contributed by atoms with Gasteiger partial charge < -0.3 is 0 Å². The molecule has 0 radical (unpaired) electrons. The number of aromatic nitrogens is 2. The van der Waals surface area contributed by atoms with Crippen LogP contribution in [0, 0.1) is 0 Å². The summed E-state index contributed by atoms with van der Waals surface area (Å²) in [7, 11) is 0.394. The predicted molar refractivity (Wildman–Crippen MR) is 43.1 cm³/mol. The van der Waals surface area contributed by atoms with E-state index in [0.29, 0.717) is 7.05 Å². The van der Waals surface area contributed by atoms with Crippen molar-refractivity contribution < 1.29 is 43.9 Å². The van der Waals surface area contributed by atoms with Crippen molar-refractivity contribution in [2.45, 2.75) is 24.2 Å². The first-order chi connectivity index (χ1) is 8.62. The van der Waals surface area contributed by atoms with Crippen molar-refractivity contribution >= 4 is 0 Å². The number of aryl methyl sites for hydroxylation is 1. The van der Waals surface area contributed by atoms with Gasteiger partial charge in [0.1, 0.15) is 11.4 Å². The summed E-state index contributed by atoms with van der Waals surface area (Å²) in [6.45, 7) is 0. The van der Waals surface area contributed by atoms with Gasteiger partial charge in [-0.15, -0.1) is 0 Å². The van der Waals surface area contributed by atoms with Gasteiger partial charge in [0, 0.05) is 7.05 Å². The number of nitrogens with zero attached hydrogens (tertiary/aromatic N) is 2. The van der Waals surface area contributed by atoms with Gasteiger partial charge in [-0.2, -0.15) is 49.0 Å². The summed E-state index contributed by atoms with van der Waals surface area (Å²) in [6.07, 6.45) is -12.3. The molecule has 1 aromatic rings. The van der Waals surface area contributed by atoms with E-state index in [1.807, 2.05) is 0 Å². The molecule has 0 bridgehead atoms. The zero-order valence-corrected chi connectivity index (χ0v) is 9.25. The Hall–Kier alpha value is -1.49. The van der Waals surface area contributed by atoms with E-state index in [4.69, 9.17) is 0 Å². The van der Waals surface area contributed by atoms with E-state index < -0.39 is 41.7 Å². The smallest absolute Gasteiger partial charge is 0.266 e. The Morgan fingerprint density at radius 1 is 0.800 bits per heavy atom. The highest BCUT2D eigenvalue weighted by Gasteiger charge is 2.64. The lowest BCUT2D eigenvalue weighted by Crippen LogP contribution is -2.35. The Balaban J connectivity index is 3.39. The van der Waals surface area contributed by atoms with Gasteiger partial charge in [-0.3, -0.25) is 4.68 Å². The van der Waals surface area contributed by atoms with Crippen LogP contribution in [0.15, 0.2) is 6.07 Å². The quantitative estimate of drug-likeness (QED) is 0.760. The molecule has 1 heterocycles. The lowest BCUT2D eigenvalue weighted by molar-refractivity contribution is -0.292. The molecule has 0 aliphatic rings. The molecule has 1 aromatic heterocycles. The fourth-order valence-electron chi connectivity index (χ4n) is 1.20. The Bertz CT molecular complexity index is 494. The van der Waals surface area contributed by atoms with Gasteiger partial charge in [0.05, 0.1) is 0 Å². The van der Waals surface area contributed by atoms with Crippen molar-refractivity contribution in [1.29, 1.82) is 0 Å². The van der Waals surface area contributed by atoms with E-state index >= 15 is 0 Å². The van der Waals surface area contributed by atoms with E-state index in [-0.39, 0.29) is 4.68 Å². The van der Waals surface area contributed by atoms with Crippen LogP contribution in [-0.4, -0.2) is 22.1 Å². The van der Waals surface area contributed by atoms with Gasteiger partial charge in [0.15, 0.2) is 0 Å². The molecule has 0 amide bonds. The van der Waals surface area contributed by atoms with Crippen LogP contribution in [-0.2, 0) is 18.9 Å². The van der Waals surface area contributed by atoms with Crippen molar-refractivity contribution in [2.24, 2.45) is 7.05 Å². The maximum atomic E-state index is 12.9. The highest BCUT2D eigenvalue weighted by atomic mass is 19.4. The molecule has 2 nitrogen and oxygen atoms in total. The SMILES string of the molecule is Cn1nc(C(F)(F)C(F)(F)F)cc1C(F)(F)C(F)(F)F. The fourth-order valence-corrected chi connectivity index (χ4v) is 1.20. The minimum absolute atomic E-state index is 0.373. The molecule has 0 saturated heterocycles. The first kappa shape index (κ1) is 16.6. The van der Waals surface area contributed by atoms with Crippen LogP contribution in [0.25, 0.3) is 0 Å². The van der Waals surface area contributed by atoms with Gasteiger partial charge in [0.25, 0.3) is 0 Å². The molecule has 0 aliphatic heterocycles. The van der Waals surface area contributed by atoms with Crippen molar-refractivity contribution in [2.75, 3.05) is 0 Å². The van der Waals surface area contributed by atoms with E-state index in [0.717, 1.165) is 0 Å². The maximum Gasteiger partial charge on any atom is 0.459 e. The topological polar surface area (TPSA) is 17.8 Å². The Morgan fingerprint density at radius 3 is 1.55 bits per heavy atom. The zero-order chi connectivity index (χ0) is 16.1. The molecular weight excluding hydrogens is 314 g/mol. The molecule has 0 spiro atoms. The van der Waals surface area contributed by atoms with Crippen molar-refractivity contribution in [3.8, 4) is 0 Å². The van der Waals surface area contributed by atoms with Crippen LogP contribution in [0.3, 0.4) is 0 Å². The Labute approximate surface area is 104 Å². The van der Waals surface area contributed by atoms with Gasteiger partial charge in [-0.1, -0.05) is 0 Å². The average molecular weight is 318 g/mol. The second kappa shape index (κ2) is 4.25. The zero-order valence-electron chi connectivity index (χ0n) is 9.25. The van der Waals surface area contributed by atoms with E-state index in [2.05, 4.69) is 5.10 Å². The Kier molecular flexibility index (Phi) is 3.52. The molecular formula is C8H4F10N2. The second-order valence-corrected chi connectivity index (χ2v) is 3.68. The van der Waals surface area contributed by atoms with Crippen LogP contribution >= 0.6 is 0 Å². The number of alkyl halides is 10. The number of halogens is 10. The average Bonchev–Trinajstić information content (AvgIpc) is 2.57. The number of rotatable bonds is 2. The van der Waals surface area contributed by atoms with Gasteiger partial charge in [0.2, 0.25) is 0 Å². The van der Waals surface area contributed by atoms with Gasteiger partial charge in [-0.05, 0) is 6.07 Å². The van der Waals surface area contributed by atoms with Crippen molar-refractivity contribution in [1.82, 2.24) is 9.78 Å². The Morgan fingerprint density at radius 2 is 1.20 bits per heavy atom. The van der Waals surface area contributed by atoms with Crippen LogP contribution in [0.1, 0.15) is 11.4 Å². The molecule has 0 aliphatic carbocycles. The third kappa shape index (κ3) is 2.42. The monoisotopic (exact) mass is 318 g/mol. The molecule has 0 aromatic carbocycles. The largest absolute Gasteiger partial charge is 0.459 e. The molecule has 0 unspecified atom stereocenters. The third-order valence-corrected chi connectivity index (χ3v) is 2.24. The second-order valence-electron chi connectivity index (χ2n) is 3.68. The number of hydrogen-bond acceptors (Lipinski definition) is 1. The molecule has 0 fully saturated rings. The summed E-state index contributed by atoms with van der Waals surface area (Å²) in [5.41, 5.74) is -4.37. The standard InChI is InChI=1S/C8H4F10N2/c1-20-4(6(11,12)8(16,17)18)2-3(19-20)5(9,10)7(13,14)15/h2H,1H3. The van der Waals surface area contributed by atoms with Crippen LogP contribution in [0.2, 0.25) is 0 Å². The summed E-state index contributed by atoms with van der Waals surface area (Å²) < 4.78 is 123. The summed E-state index contributed by atoms with van der Waals surface area (Å²) in [5.74, 6) is -11.3. The first-order valence-electron chi connectivity index (χ1n) is 4.56. The normalized spacial score (nSPS) is 14.8. The lowest BCUT2D eigenvalue weighted by atomic mass is 10.1. The number of hydrogen-bond donors (Lipinski definition) is 0. The highest BCUT2D eigenvalue weighted by Crippen LogP contribution is 2.47. The van der Waals surface area contributed by atoms with Crippen LogP contribution < -0.4 is 0 Å². The van der Waals surface area contributed by atoms with E-state index in [9.17, 15) is 43.9 Å². The minimum atomic E-state index is -6.17. The summed E-state index contributed by atoms with van der Waals surface area (Å²) in [6, 6.07) is -0.624.